The van der Waals surface area contributed by atoms with Gasteiger partial charge in [-0.3, -0.25) is 14.8 Å². The molecule has 7 nitrogen and oxygen atoms in total. The molecule has 1 amide bonds. The number of nitrogens with one attached hydrogen (secondary N) is 3. The van der Waals surface area contributed by atoms with Crippen molar-refractivity contribution in [2.24, 2.45) is 0 Å². The van der Waals surface area contributed by atoms with Gasteiger partial charge in [-0.1, -0.05) is 6.92 Å². The molecule has 0 radical (unpaired) electrons. The number of hydrogen-bond acceptors (Lipinski definition) is 4. The number of carbonyl (C=O) groups excluding carboxylic acids is 1. The van der Waals surface area contributed by atoms with Gasteiger partial charge < -0.3 is 10.3 Å². The summed E-state index contributed by atoms with van der Waals surface area (Å²) in [6, 6.07) is 0. The first-order chi connectivity index (χ1) is 10.6. The van der Waals surface area contributed by atoms with E-state index in [2.05, 4.69) is 37.3 Å². The van der Waals surface area contributed by atoms with Crippen LogP contribution in [0, 0.1) is 0 Å². The number of aromatic nitrogens is 4. The SMILES string of the molecule is CNC(=O)c1cn[nH]c1C1(C)CCCN(Cc2cnc[nH]2)C1. The molecule has 0 aromatic carbocycles. The Morgan fingerprint density at radius 1 is 1.50 bits per heavy atom. The van der Waals surface area contributed by atoms with E-state index in [9.17, 15) is 4.79 Å². The van der Waals surface area contributed by atoms with Crippen LogP contribution in [0.25, 0.3) is 0 Å². The second-order valence-corrected chi connectivity index (χ2v) is 6.19. The third-order valence-electron chi connectivity index (χ3n) is 4.44. The molecule has 3 N–H and O–H groups in total. The maximum absolute atomic E-state index is 12.0. The van der Waals surface area contributed by atoms with Crippen molar-refractivity contribution in [1.29, 1.82) is 0 Å². The van der Waals surface area contributed by atoms with Gasteiger partial charge in [-0.05, 0) is 19.4 Å². The van der Waals surface area contributed by atoms with Crippen molar-refractivity contribution in [2.45, 2.75) is 31.7 Å². The summed E-state index contributed by atoms with van der Waals surface area (Å²) in [4.78, 5) is 21.6. The molecule has 1 unspecified atom stereocenters. The molecule has 2 aromatic rings. The highest BCUT2D eigenvalue weighted by molar-refractivity contribution is 5.95. The summed E-state index contributed by atoms with van der Waals surface area (Å²) in [7, 11) is 1.65. The number of piperidine rings is 1. The third-order valence-corrected chi connectivity index (χ3v) is 4.44. The van der Waals surface area contributed by atoms with E-state index in [1.54, 1.807) is 19.6 Å². The smallest absolute Gasteiger partial charge is 0.254 e. The zero-order chi connectivity index (χ0) is 15.6. The van der Waals surface area contributed by atoms with E-state index in [0.29, 0.717) is 5.56 Å². The Hall–Kier alpha value is -2.15. The first kappa shape index (κ1) is 14.8. The van der Waals surface area contributed by atoms with Gasteiger partial charge in [0.25, 0.3) is 5.91 Å². The monoisotopic (exact) mass is 302 g/mol. The first-order valence-corrected chi connectivity index (χ1v) is 7.58. The number of likely N-dealkylation sites (tertiary alicyclic amines) is 1. The highest BCUT2D eigenvalue weighted by Crippen LogP contribution is 2.34. The van der Waals surface area contributed by atoms with E-state index in [-0.39, 0.29) is 11.3 Å². The minimum atomic E-state index is -0.101. The number of nitrogens with zero attached hydrogens (tertiary/aromatic N) is 3. The van der Waals surface area contributed by atoms with Crippen molar-refractivity contribution in [2.75, 3.05) is 20.1 Å². The summed E-state index contributed by atoms with van der Waals surface area (Å²) >= 11 is 0. The van der Waals surface area contributed by atoms with Crippen molar-refractivity contribution >= 4 is 5.91 Å². The first-order valence-electron chi connectivity index (χ1n) is 7.58. The molecule has 0 saturated carbocycles. The van der Waals surface area contributed by atoms with Gasteiger partial charge in [-0.25, -0.2) is 4.98 Å². The van der Waals surface area contributed by atoms with Crippen LogP contribution in [-0.4, -0.2) is 51.1 Å². The molecule has 0 spiro atoms. The molecule has 3 heterocycles. The summed E-state index contributed by atoms with van der Waals surface area (Å²) in [6.45, 7) is 4.99. The summed E-state index contributed by atoms with van der Waals surface area (Å²) in [5.74, 6) is -0.0873. The maximum Gasteiger partial charge on any atom is 0.254 e. The minimum absolute atomic E-state index is 0.0873. The van der Waals surface area contributed by atoms with E-state index in [1.165, 1.54) is 0 Å². The zero-order valence-corrected chi connectivity index (χ0v) is 13.0. The van der Waals surface area contributed by atoms with Crippen LogP contribution in [0.15, 0.2) is 18.7 Å². The lowest BCUT2D eigenvalue weighted by Gasteiger charge is -2.40. The average molecular weight is 302 g/mol. The van der Waals surface area contributed by atoms with Crippen LogP contribution in [0.5, 0.6) is 0 Å². The lowest BCUT2D eigenvalue weighted by molar-refractivity contribution is 0.0955. The molecule has 0 aliphatic carbocycles. The second-order valence-electron chi connectivity index (χ2n) is 6.19. The number of imidazole rings is 1. The Balaban J connectivity index is 1.80. The third kappa shape index (κ3) is 2.76. The topological polar surface area (TPSA) is 89.7 Å². The fraction of sp³-hybridized carbons (Fsp3) is 0.533. The average Bonchev–Trinajstić information content (AvgIpc) is 3.17. The van der Waals surface area contributed by atoms with Gasteiger partial charge in [0.1, 0.15) is 0 Å². The fourth-order valence-corrected chi connectivity index (χ4v) is 3.35. The highest BCUT2D eigenvalue weighted by atomic mass is 16.1. The molecule has 1 fully saturated rings. The summed E-state index contributed by atoms with van der Waals surface area (Å²) in [5.41, 5.74) is 2.59. The number of rotatable bonds is 4. The quantitative estimate of drug-likeness (QED) is 0.787. The molecule has 3 rings (SSSR count). The van der Waals surface area contributed by atoms with E-state index in [0.717, 1.165) is 43.9 Å². The molecular weight excluding hydrogens is 280 g/mol. The van der Waals surface area contributed by atoms with Crippen LogP contribution >= 0.6 is 0 Å². The van der Waals surface area contributed by atoms with Gasteiger partial charge in [-0.15, -0.1) is 0 Å². The fourth-order valence-electron chi connectivity index (χ4n) is 3.35. The van der Waals surface area contributed by atoms with Crippen LogP contribution in [-0.2, 0) is 12.0 Å². The van der Waals surface area contributed by atoms with E-state index < -0.39 is 0 Å². The van der Waals surface area contributed by atoms with Crippen LogP contribution < -0.4 is 5.32 Å². The highest BCUT2D eigenvalue weighted by Gasteiger charge is 2.37. The van der Waals surface area contributed by atoms with Gasteiger partial charge >= 0.3 is 0 Å². The largest absolute Gasteiger partial charge is 0.355 e. The number of hydrogen-bond donors (Lipinski definition) is 3. The Labute approximate surface area is 129 Å². The lowest BCUT2D eigenvalue weighted by Crippen LogP contribution is -2.45. The Bertz CT molecular complexity index is 634. The standard InChI is InChI=1S/C15H22N6O/c1-15(13-12(7-19-20-13)14(22)16-2)4-3-5-21(9-15)8-11-6-17-10-18-11/h6-7,10H,3-5,8-9H2,1-2H3,(H,16,22)(H,17,18)(H,19,20). The van der Waals surface area contributed by atoms with E-state index in [4.69, 9.17) is 0 Å². The van der Waals surface area contributed by atoms with Crippen LogP contribution in [0.4, 0.5) is 0 Å². The molecule has 22 heavy (non-hydrogen) atoms. The summed E-state index contributed by atoms with van der Waals surface area (Å²) < 4.78 is 0. The normalized spacial score (nSPS) is 22.6. The van der Waals surface area contributed by atoms with Gasteiger partial charge in [0.15, 0.2) is 0 Å². The summed E-state index contributed by atoms with van der Waals surface area (Å²) in [5, 5.41) is 9.83. The predicted octanol–water partition coefficient (Wildman–Crippen LogP) is 1.05. The Morgan fingerprint density at radius 3 is 3.09 bits per heavy atom. The van der Waals surface area contributed by atoms with Gasteiger partial charge in [0.2, 0.25) is 0 Å². The molecule has 7 heteroatoms. The van der Waals surface area contributed by atoms with Crippen LogP contribution in [0.3, 0.4) is 0 Å². The molecule has 0 bridgehead atoms. The van der Waals surface area contributed by atoms with Crippen molar-refractivity contribution in [3.05, 3.63) is 35.7 Å². The molecule has 1 saturated heterocycles. The molecule has 1 aliphatic heterocycles. The van der Waals surface area contributed by atoms with Gasteiger partial charge in [0.05, 0.1) is 23.8 Å². The molecule has 1 aliphatic rings. The molecule has 2 aromatic heterocycles. The molecule has 1 atom stereocenters. The molecule has 118 valence electrons. The second kappa shape index (κ2) is 5.92. The lowest BCUT2D eigenvalue weighted by atomic mass is 9.77. The van der Waals surface area contributed by atoms with E-state index >= 15 is 0 Å². The number of amides is 1. The minimum Gasteiger partial charge on any atom is -0.355 e. The number of H-pyrrole nitrogens is 2. The Morgan fingerprint density at radius 2 is 2.36 bits per heavy atom. The van der Waals surface area contributed by atoms with Gasteiger partial charge in [-0.2, -0.15) is 5.10 Å². The van der Waals surface area contributed by atoms with Crippen LogP contribution in [0.2, 0.25) is 0 Å². The van der Waals surface area contributed by atoms with Crippen molar-refractivity contribution < 1.29 is 4.79 Å². The number of carbonyl (C=O) groups is 1. The maximum atomic E-state index is 12.0. The van der Waals surface area contributed by atoms with Crippen molar-refractivity contribution in [1.82, 2.24) is 30.4 Å². The van der Waals surface area contributed by atoms with Gasteiger partial charge in [0, 0.05) is 37.4 Å². The van der Waals surface area contributed by atoms with Crippen molar-refractivity contribution in [3.8, 4) is 0 Å². The predicted molar refractivity (Wildman–Crippen MR) is 82.4 cm³/mol. The Kier molecular flexibility index (Phi) is 3.98. The molecular formula is C15H22N6O. The zero-order valence-electron chi connectivity index (χ0n) is 13.0. The summed E-state index contributed by atoms with van der Waals surface area (Å²) in [6.07, 6.45) is 7.32. The number of aromatic amines is 2. The van der Waals surface area contributed by atoms with E-state index in [1.807, 2.05) is 6.20 Å². The van der Waals surface area contributed by atoms with Crippen molar-refractivity contribution in [3.63, 3.8) is 0 Å². The van der Waals surface area contributed by atoms with Crippen LogP contribution in [0.1, 0.15) is 41.5 Å².